The molecule has 1 aromatic carbocycles. The number of piperazine rings is 1. The molecule has 24 heavy (non-hydrogen) atoms. The normalized spacial score (nSPS) is 17.8. The number of imidazole rings is 1. The van der Waals surface area contributed by atoms with Gasteiger partial charge in [0.2, 0.25) is 0 Å². The Hall–Kier alpha value is -2.74. The Balaban J connectivity index is 1.97. The van der Waals surface area contributed by atoms with Gasteiger partial charge in [-0.1, -0.05) is 6.07 Å². The highest BCUT2D eigenvalue weighted by atomic mass is 16.6. The molecule has 1 aliphatic rings. The fraction of sp³-hybridized carbons (Fsp3) is 0.375. The molecule has 1 aromatic heterocycles. The molecule has 1 unspecified atom stereocenters. The van der Waals surface area contributed by atoms with Crippen LogP contribution in [0.25, 0.3) is 0 Å². The third-order valence-electron chi connectivity index (χ3n) is 4.32. The predicted molar refractivity (Wildman–Crippen MR) is 87.7 cm³/mol. The van der Waals surface area contributed by atoms with Gasteiger partial charge in [0.1, 0.15) is 11.9 Å². The van der Waals surface area contributed by atoms with E-state index in [9.17, 15) is 14.9 Å². The molecule has 0 bridgehead atoms. The van der Waals surface area contributed by atoms with Crippen molar-refractivity contribution in [3.63, 3.8) is 0 Å². The zero-order valence-corrected chi connectivity index (χ0v) is 13.6. The molecule has 0 saturated carbocycles. The highest BCUT2D eigenvalue weighted by molar-refractivity contribution is 5.96. The summed E-state index contributed by atoms with van der Waals surface area (Å²) < 4.78 is 1.89. The number of carbonyl (C=O) groups excluding carboxylic acids is 1. The van der Waals surface area contributed by atoms with Gasteiger partial charge in [-0.3, -0.25) is 14.9 Å². The molecule has 1 aliphatic heterocycles. The number of benzene rings is 1. The van der Waals surface area contributed by atoms with Crippen molar-refractivity contribution in [1.29, 1.82) is 0 Å². The molecule has 0 radical (unpaired) electrons. The summed E-state index contributed by atoms with van der Waals surface area (Å²) in [7, 11) is 1.89. The third kappa shape index (κ3) is 2.88. The lowest BCUT2D eigenvalue weighted by Crippen LogP contribution is -2.49. The number of amides is 1. The van der Waals surface area contributed by atoms with E-state index in [-0.39, 0.29) is 17.6 Å². The molecule has 0 spiro atoms. The zero-order valence-electron chi connectivity index (χ0n) is 13.6. The fourth-order valence-electron chi connectivity index (χ4n) is 2.98. The second-order valence-corrected chi connectivity index (χ2v) is 5.87. The Kier molecular flexibility index (Phi) is 4.30. The molecule has 1 amide bonds. The van der Waals surface area contributed by atoms with Gasteiger partial charge in [0.05, 0.1) is 4.92 Å². The minimum Gasteiger partial charge on any atom is -0.336 e. The number of nitrogens with one attached hydrogen (secondary N) is 1. The monoisotopic (exact) mass is 329 g/mol. The first kappa shape index (κ1) is 16.1. The first-order valence-electron chi connectivity index (χ1n) is 7.73. The summed E-state index contributed by atoms with van der Waals surface area (Å²) in [6.45, 7) is 3.60. The van der Waals surface area contributed by atoms with E-state index < -0.39 is 4.92 Å². The minimum atomic E-state index is -0.482. The summed E-state index contributed by atoms with van der Waals surface area (Å²) in [5.41, 5.74) is 1.01. The standard InChI is InChI=1S/C16H19N5O3/c1-11-3-4-12(21(23)24)9-13(11)16(22)20-8-5-17-10-14(20)15-18-6-7-19(15)2/h3-4,6-7,9,14,17H,5,8,10H2,1-2H3. The zero-order chi connectivity index (χ0) is 17.3. The highest BCUT2D eigenvalue weighted by Crippen LogP contribution is 2.25. The molecule has 1 fully saturated rings. The Morgan fingerprint density at radius 2 is 2.25 bits per heavy atom. The topological polar surface area (TPSA) is 93.3 Å². The van der Waals surface area contributed by atoms with Crippen LogP contribution in [0.5, 0.6) is 0 Å². The number of non-ortho nitro benzene ring substituents is 1. The molecule has 1 saturated heterocycles. The molecular formula is C16H19N5O3. The smallest absolute Gasteiger partial charge is 0.270 e. The van der Waals surface area contributed by atoms with E-state index in [1.807, 2.05) is 17.8 Å². The Morgan fingerprint density at radius 1 is 1.46 bits per heavy atom. The highest BCUT2D eigenvalue weighted by Gasteiger charge is 2.32. The molecular weight excluding hydrogens is 310 g/mol. The second kappa shape index (κ2) is 6.40. The number of hydrogen-bond acceptors (Lipinski definition) is 5. The average molecular weight is 329 g/mol. The van der Waals surface area contributed by atoms with Gasteiger partial charge in [-0.2, -0.15) is 0 Å². The predicted octanol–water partition coefficient (Wildman–Crippen LogP) is 1.42. The maximum atomic E-state index is 13.1. The van der Waals surface area contributed by atoms with Gasteiger partial charge in [-0.15, -0.1) is 0 Å². The largest absolute Gasteiger partial charge is 0.336 e. The van der Waals surface area contributed by atoms with E-state index in [0.29, 0.717) is 25.2 Å². The van der Waals surface area contributed by atoms with Crippen LogP contribution in [0, 0.1) is 17.0 Å². The Morgan fingerprint density at radius 3 is 2.92 bits per heavy atom. The van der Waals surface area contributed by atoms with Crippen molar-refractivity contribution in [2.75, 3.05) is 19.6 Å². The molecule has 1 N–H and O–H groups in total. The summed E-state index contributed by atoms with van der Waals surface area (Å²) in [6.07, 6.45) is 3.54. The summed E-state index contributed by atoms with van der Waals surface area (Å²) in [6, 6.07) is 4.18. The lowest BCUT2D eigenvalue weighted by molar-refractivity contribution is -0.384. The van der Waals surface area contributed by atoms with Gasteiger partial charge in [0, 0.05) is 56.8 Å². The van der Waals surface area contributed by atoms with E-state index >= 15 is 0 Å². The number of aryl methyl sites for hydroxylation is 2. The van der Waals surface area contributed by atoms with Crippen molar-refractivity contribution < 1.29 is 9.72 Å². The van der Waals surface area contributed by atoms with Crippen molar-refractivity contribution in [2.24, 2.45) is 7.05 Å². The molecule has 1 atom stereocenters. The van der Waals surface area contributed by atoms with E-state index in [1.165, 1.54) is 12.1 Å². The SMILES string of the molecule is Cc1ccc([N+](=O)[O-])cc1C(=O)N1CCNCC1c1nccn1C. The van der Waals surface area contributed by atoms with E-state index in [0.717, 1.165) is 11.4 Å². The molecule has 0 aliphatic carbocycles. The van der Waals surface area contributed by atoms with Gasteiger partial charge in [0.25, 0.3) is 11.6 Å². The van der Waals surface area contributed by atoms with Crippen molar-refractivity contribution in [2.45, 2.75) is 13.0 Å². The molecule has 3 rings (SSSR count). The number of rotatable bonds is 3. The van der Waals surface area contributed by atoms with Crippen LogP contribution in [0.4, 0.5) is 5.69 Å². The van der Waals surface area contributed by atoms with Gasteiger partial charge < -0.3 is 14.8 Å². The molecule has 8 nitrogen and oxygen atoms in total. The first-order valence-corrected chi connectivity index (χ1v) is 7.73. The van der Waals surface area contributed by atoms with E-state index in [2.05, 4.69) is 10.3 Å². The Labute approximate surface area is 139 Å². The van der Waals surface area contributed by atoms with Gasteiger partial charge in [0.15, 0.2) is 0 Å². The van der Waals surface area contributed by atoms with Crippen molar-refractivity contribution >= 4 is 11.6 Å². The fourth-order valence-corrected chi connectivity index (χ4v) is 2.98. The van der Waals surface area contributed by atoms with Crippen LogP contribution in [0.2, 0.25) is 0 Å². The van der Waals surface area contributed by atoms with Crippen molar-refractivity contribution in [3.8, 4) is 0 Å². The number of nitro benzene ring substituents is 1. The van der Waals surface area contributed by atoms with Crippen molar-refractivity contribution in [1.82, 2.24) is 19.8 Å². The average Bonchev–Trinajstić information content (AvgIpc) is 3.00. The van der Waals surface area contributed by atoms with Gasteiger partial charge in [-0.05, 0) is 12.5 Å². The van der Waals surface area contributed by atoms with E-state index in [1.54, 1.807) is 24.1 Å². The summed E-state index contributed by atoms with van der Waals surface area (Å²) in [5, 5.41) is 14.3. The number of nitrogens with zero attached hydrogens (tertiary/aromatic N) is 4. The van der Waals surface area contributed by atoms with Crippen LogP contribution >= 0.6 is 0 Å². The molecule has 2 aromatic rings. The quantitative estimate of drug-likeness (QED) is 0.679. The maximum absolute atomic E-state index is 13.1. The second-order valence-electron chi connectivity index (χ2n) is 5.87. The van der Waals surface area contributed by atoms with Crippen LogP contribution < -0.4 is 5.32 Å². The minimum absolute atomic E-state index is 0.0763. The summed E-state index contributed by atoms with van der Waals surface area (Å²) >= 11 is 0. The van der Waals surface area contributed by atoms with Crippen LogP contribution in [0.3, 0.4) is 0 Å². The maximum Gasteiger partial charge on any atom is 0.270 e. The molecule has 8 heteroatoms. The first-order chi connectivity index (χ1) is 11.5. The lowest BCUT2D eigenvalue weighted by Gasteiger charge is -2.36. The van der Waals surface area contributed by atoms with E-state index in [4.69, 9.17) is 0 Å². The number of nitro groups is 1. The van der Waals surface area contributed by atoms with Gasteiger partial charge >= 0.3 is 0 Å². The van der Waals surface area contributed by atoms with Gasteiger partial charge in [-0.25, -0.2) is 4.98 Å². The number of carbonyl (C=O) groups is 1. The van der Waals surface area contributed by atoms with Crippen molar-refractivity contribution in [3.05, 3.63) is 57.7 Å². The third-order valence-corrected chi connectivity index (χ3v) is 4.32. The number of hydrogen-bond donors (Lipinski definition) is 1. The van der Waals surface area contributed by atoms with Crippen LogP contribution in [0.15, 0.2) is 30.6 Å². The molecule has 2 heterocycles. The lowest BCUT2D eigenvalue weighted by atomic mass is 10.0. The summed E-state index contributed by atoms with van der Waals surface area (Å²) in [5.74, 6) is 0.587. The Bertz CT molecular complexity index is 786. The summed E-state index contributed by atoms with van der Waals surface area (Å²) in [4.78, 5) is 29.7. The van der Waals surface area contributed by atoms with Crippen LogP contribution in [0.1, 0.15) is 27.8 Å². The van der Waals surface area contributed by atoms with Crippen LogP contribution in [-0.2, 0) is 7.05 Å². The van der Waals surface area contributed by atoms with Crippen LogP contribution in [-0.4, -0.2) is 44.9 Å². The number of aromatic nitrogens is 2. The molecule has 126 valence electrons.